The quantitative estimate of drug-likeness (QED) is 0.695. The van der Waals surface area contributed by atoms with Crippen molar-refractivity contribution in [2.75, 3.05) is 13.1 Å². The average molecular weight is 438 g/mol. The number of nitrogens with zero attached hydrogens (tertiary/aromatic N) is 2. The Morgan fingerprint density at radius 1 is 1.21 bits per heavy atom. The van der Waals surface area contributed by atoms with Gasteiger partial charge in [-0.2, -0.15) is 8.78 Å². The van der Waals surface area contributed by atoms with E-state index in [0.29, 0.717) is 0 Å². The first-order chi connectivity index (χ1) is 13.2. The van der Waals surface area contributed by atoms with Crippen molar-refractivity contribution in [2.45, 2.75) is 62.6 Å². The third kappa shape index (κ3) is 5.52. The molecular formula is C18H25F3N2O5S. The predicted molar refractivity (Wildman–Crippen MR) is 98.1 cm³/mol. The second kappa shape index (κ2) is 8.37. The molecule has 0 spiro atoms. The second-order valence-electron chi connectivity index (χ2n) is 7.94. The SMILES string of the molecule is CC(C)(C)OC(=O)N1CCC(C(C)(F)S(=O)(=O)c2ccc(OC(F)F)nc2)CC1. The molecule has 1 aliphatic heterocycles. The van der Waals surface area contributed by atoms with Gasteiger partial charge in [0.05, 0.1) is 4.90 Å². The summed E-state index contributed by atoms with van der Waals surface area (Å²) in [6.07, 6.45) is 0.524. The van der Waals surface area contributed by atoms with Gasteiger partial charge in [0, 0.05) is 31.3 Å². The summed E-state index contributed by atoms with van der Waals surface area (Å²) < 4.78 is 74.7. The van der Waals surface area contributed by atoms with Crippen molar-refractivity contribution in [3.63, 3.8) is 0 Å². The number of alkyl halides is 3. The summed E-state index contributed by atoms with van der Waals surface area (Å²) in [6, 6.07) is 1.92. The summed E-state index contributed by atoms with van der Waals surface area (Å²) in [5.41, 5.74) is -0.668. The third-order valence-electron chi connectivity index (χ3n) is 4.63. The number of hydrogen-bond acceptors (Lipinski definition) is 6. The molecule has 1 fully saturated rings. The standard InChI is InChI=1S/C18H25F3N2O5S/c1-17(2,3)28-16(24)23-9-7-12(8-10-23)18(4,21)29(25,26)13-5-6-14(22-11-13)27-15(19)20/h5-6,11-12,15H,7-10H2,1-4H3. The Morgan fingerprint density at radius 3 is 2.24 bits per heavy atom. The van der Waals surface area contributed by atoms with Gasteiger partial charge < -0.3 is 14.4 Å². The monoisotopic (exact) mass is 438 g/mol. The molecule has 0 radical (unpaired) electrons. The van der Waals surface area contributed by atoms with Crippen LogP contribution in [0.15, 0.2) is 23.2 Å². The van der Waals surface area contributed by atoms with Crippen LogP contribution in [0.25, 0.3) is 0 Å². The molecule has 164 valence electrons. The molecule has 1 unspecified atom stereocenters. The van der Waals surface area contributed by atoms with E-state index in [9.17, 15) is 22.0 Å². The van der Waals surface area contributed by atoms with E-state index in [0.717, 1.165) is 25.3 Å². The maximum absolute atomic E-state index is 15.4. The van der Waals surface area contributed by atoms with Crippen molar-refractivity contribution in [1.82, 2.24) is 9.88 Å². The van der Waals surface area contributed by atoms with E-state index in [1.807, 2.05) is 0 Å². The second-order valence-corrected chi connectivity index (χ2v) is 10.2. The Bertz CT molecular complexity index is 815. The van der Waals surface area contributed by atoms with Crippen LogP contribution >= 0.6 is 0 Å². The highest BCUT2D eigenvalue weighted by Gasteiger charge is 2.49. The van der Waals surface area contributed by atoms with E-state index in [1.165, 1.54) is 4.90 Å². The first-order valence-electron chi connectivity index (χ1n) is 9.06. The fraction of sp³-hybridized carbons (Fsp3) is 0.667. The minimum atomic E-state index is -4.46. The molecule has 0 N–H and O–H groups in total. The zero-order valence-corrected chi connectivity index (χ0v) is 17.5. The number of likely N-dealkylation sites (tertiary alicyclic amines) is 1. The predicted octanol–water partition coefficient (Wildman–Crippen LogP) is 3.79. The molecule has 2 rings (SSSR count). The van der Waals surface area contributed by atoms with Crippen LogP contribution in [0.4, 0.5) is 18.0 Å². The van der Waals surface area contributed by atoms with Crippen molar-refractivity contribution < 1.29 is 35.9 Å². The summed E-state index contributed by atoms with van der Waals surface area (Å²) in [7, 11) is -4.46. The number of rotatable bonds is 5. The van der Waals surface area contributed by atoms with Crippen LogP contribution < -0.4 is 4.74 Å². The van der Waals surface area contributed by atoms with Gasteiger partial charge in [-0.05, 0) is 46.6 Å². The normalized spacial score (nSPS) is 18.4. The molecule has 2 heterocycles. The maximum Gasteiger partial charge on any atom is 0.410 e. The first-order valence-corrected chi connectivity index (χ1v) is 10.5. The number of amides is 1. The number of piperidine rings is 1. The average Bonchev–Trinajstić information content (AvgIpc) is 2.60. The van der Waals surface area contributed by atoms with Crippen LogP contribution in [0.1, 0.15) is 40.5 Å². The van der Waals surface area contributed by atoms with E-state index in [2.05, 4.69) is 9.72 Å². The van der Waals surface area contributed by atoms with Gasteiger partial charge in [0.1, 0.15) is 5.60 Å². The van der Waals surface area contributed by atoms with Crippen molar-refractivity contribution >= 4 is 15.9 Å². The number of aromatic nitrogens is 1. The highest BCUT2D eigenvalue weighted by atomic mass is 32.2. The lowest BCUT2D eigenvalue weighted by Crippen LogP contribution is -2.48. The van der Waals surface area contributed by atoms with Gasteiger partial charge >= 0.3 is 12.7 Å². The molecule has 1 atom stereocenters. The number of carbonyl (C=O) groups excluding carboxylic acids is 1. The van der Waals surface area contributed by atoms with E-state index >= 15 is 4.39 Å². The van der Waals surface area contributed by atoms with Gasteiger partial charge in [0.25, 0.3) is 0 Å². The van der Waals surface area contributed by atoms with Gasteiger partial charge in [0.15, 0.2) is 0 Å². The summed E-state index contributed by atoms with van der Waals surface area (Å²) in [5, 5.41) is -2.63. The van der Waals surface area contributed by atoms with E-state index in [-0.39, 0.29) is 25.9 Å². The van der Waals surface area contributed by atoms with Gasteiger partial charge in [-0.15, -0.1) is 0 Å². The molecule has 11 heteroatoms. The fourth-order valence-electron chi connectivity index (χ4n) is 3.04. The molecule has 1 aromatic heterocycles. The molecule has 1 aromatic rings. The minimum Gasteiger partial charge on any atom is -0.444 e. The van der Waals surface area contributed by atoms with Gasteiger partial charge in [-0.1, -0.05) is 0 Å². The maximum atomic E-state index is 15.4. The number of pyridine rings is 1. The van der Waals surface area contributed by atoms with Gasteiger partial charge in [0.2, 0.25) is 20.7 Å². The number of carbonyl (C=O) groups is 1. The highest BCUT2D eigenvalue weighted by Crippen LogP contribution is 2.39. The lowest BCUT2D eigenvalue weighted by atomic mass is 9.92. The lowest BCUT2D eigenvalue weighted by Gasteiger charge is -2.38. The largest absolute Gasteiger partial charge is 0.444 e. The Balaban J connectivity index is 2.09. The molecule has 0 aromatic carbocycles. The highest BCUT2D eigenvalue weighted by molar-refractivity contribution is 7.92. The summed E-state index contributed by atoms with van der Waals surface area (Å²) >= 11 is 0. The Labute approximate surface area is 168 Å². The van der Waals surface area contributed by atoms with E-state index in [4.69, 9.17) is 4.74 Å². The Morgan fingerprint density at radius 2 is 1.79 bits per heavy atom. The van der Waals surface area contributed by atoms with Crippen molar-refractivity contribution in [3.8, 4) is 5.88 Å². The summed E-state index contributed by atoms with van der Waals surface area (Å²) in [4.78, 5) is 16.6. The van der Waals surface area contributed by atoms with Crippen LogP contribution in [0.5, 0.6) is 5.88 Å². The molecule has 29 heavy (non-hydrogen) atoms. The molecule has 1 amide bonds. The van der Waals surface area contributed by atoms with Crippen molar-refractivity contribution in [1.29, 1.82) is 0 Å². The smallest absolute Gasteiger partial charge is 0.410 e. The number of ether oxygens (including phenoxy) is 2. The summed E-state index contributed by atoms with van der Waals surface area (Å²) in [6.45, 7) is 3.38. The van der Waals surface area contributed by atoms with Gasteiger partial charge in [-0.25, -0.2) is 22.6 Å². The zero-order valence-electron chi connectivity index (χ0n) is 16.7. The topological polar surface area (TPSA) is 85.8 Å². The van der Waals surface area contributed by atoms with Crippen LogP contribution in [0.3, 0.4) is 0 Å². The zero-order chi connectivity index (χ0) is 22.0. The molecule has 7 nitrogen and oxygen atoms in total. The van der Waals surface area contributed by atoms with Crippen LogP contribution in [0, 0.1) is 5.92 Å². The summed E-state index contributed by atoms with van der Waals surface area (Å²) in [5.74, 6) is -1.33. The first kappa shape index (κ1) is 23.2. The fourth-order valence-corrected chi connectivity index (χ4v) is 4.61. The minimum absolute atomic E-state index is 0.130. The number of hydrogen-bond donors (Lipinski definition) is 0. The van der Waals surface area contributed by atoms with Crippen LogP contribution in [-0.4, -0.2) is 54.7 Å². The third-order valence-corrected chi connectivity index (χ3v) is 6.88. The van der Waals surface area contributed by atoms with Crippen LogP contribution in [0.2, 0.25) is 0 Å². The molecule has 0 saturated carbocycles. The molecule has 1 aliphatic rings. The molecular weight excluding hydrogens is 413 g/mol. The van der Waals surface area contributed by atoms with E-state index in [1.54, 1.807) is 20.8 Å². The molecule has 1 saturated heterocycles. The van der Waals surface area contributed by atoms with Gasteiger partial charge in [-0.3, -0.25) is 0 Å². The Hall–Kier alpha value is -2.04. The van der Waals surface area contributed by atoms with Crippen molar-refractivity contribution in [3.05, 3.63) is 18.3 Å². The number of sulfone groups is 1. The van der Waals surface area contributed by atoms with Crippen LogP contribution in [-0.2, 0) is 14.6 Å². The molecule has 0 aliphatic carbocycles. The molecule has 0 bridgehead atoms. The van der Waals surface area contributed by atoms with Crippen molar-refractivity contribution in [2.24, 2.45) is 5.92 Å². The van der Waals surface area contributed by atoms with E-state index < -0.39 is 49.8 Å². The number of halogens is 3. The lowest BCUT2D eigenvalue weighted by molar-refractivity contribution is -0.0529. The Kier molecular flexibility index (Phi) is 6.71.